The predicted molar refractivity (Wildman–Crippen MR) is 125 cm³/mol. The van der Waals surface area contributed by atoms with Gasteiger partial charge in [-0.05, 0) is 42.0 Å². The molecule has 0 aliphatic carbocycles. The number of aliphatic imine (C=N–C) groups is 1. The highest BCUT2D eigenvalue weighted by molar-refractivity contribution is 6.30. The molecule has 0 atom stereocenters. The molecule has 0 fully saturated rings. The lowest BCUT2D eigenvalue weighted by Gasteiger charge is -2.13. The van der Waals surface area contributed by atoms with Crippen LogP contribution in [0.15, 0.2) is 64.4 Å². The van der Waals surface area contributed by atoms with Crippen LogP contribution in [0.3, 0.4) is 0 Å². The minimum absolute atomic E-state index is 0.0917. The lowest BCUT2D eigenvalue weighted by Crippen LogP contribution is -2.24. The van der Waals surface area contributed by atoms with Crippen LogP contribution < -0.4 is 16.0 Å². The van der Waals surface area contributed by atoms with Crippen molar-refractivity contribution in [3.63, 3.8) is 0 Å². The van der Waals surface area contributed by atoms with Gasteiger partial charge in [0.25, 0.3) is 5.56 Å². The summed E-state index contributed by atoms with van der Waals surface area (Å²) in [4.78, 5) is 21.7. The van der Waals surface area contributed by atoms with Gasteiger partial charge in [-0.15, -0.1) is 0 Å². The Labute approximate surface area is 196 Å². The molecule has 2 N–H and O–H groups in total. The largest absolute Gasteiger partial charge is 0.468 e. The third kappa shape index (κ3) is 4.86. The molecule has 0 unspecified atom stereocenters. The van der Waals surface area contributed by atoms with E-state index in [0.717, 1.165) is 0 Å². The topological polar surface area (TPSA) is 95.4 Å². The van der Waals surface area contributed by atoms with E-state index in [9.17, 15) is 18.0 Å². The Hall–Kier alpha value is -3.92. The minimum Gasteiger partial charge on any atom is -0.468 e. The SMILES string of the molecule is CN=Cc1cc(-n2nc3ccc(OCC(F)(F)F)nc3c(-c3ccc(Cl)cc3)c2=O)ccc1N. The molecular formula is C23H17ClF3N5O2. The van der Waals surface area contributed by atoms with E-state index < -0.39 is 18.3 Å². The quantitative estimate of drug-likeness (QED) is 0.326. The van der Waals surface area contributed by atoms with Gasteiger partial charge >= 0.3 is 6.18 Å². The summed E-state index contributed by atoms with van der Waals surface area (Å²) in [6.45, 7) is -1.51. The molecule has 0 radical (unpaired) electrons. The summed E-state index contributed by atoms with van der Waals surface area (Å²) in [6, 6.07) is 14.0. The van der Waals surface area contributed by atoms with Gasteiger partial charge in [0.1, 0.15) is 11.0 Å². The van der Waals surface area contributed by atoms with E-state index in [1.54, 1.807) is 55.7 Å². The van der Waals surface area contributed by atoms with Crippen LogP contribution in [-0.4, -0.2) is 40.8 Å². The molecule has 0 saturated carbocycles. The van der Waals surface area contributed by atoms with Gasteiger partial charge in [0.2, 0.25) is 5.88 Å². The maximum atomic E-state index is 13.6. The number of nitrogens with two attached hydrogens (primary N) is 1. The van der Waals surface area contributed by atoms with Gasteiger partial charge in [0.05, 0.1) is 11.3 Å². The molecule has 2 aromatic heterocycles. The van der Waals surface area contributed by atoms with E-state index in [1.165, 1.54) is 16.8 Å². The molecule has 0 aliphatic heterocycles. The number of nitrogen functional groups attached to an aromatic ring is 1. The normalized spacial score (nSPS) is 11.9. The molecule has 34 heavy (non-hydrogen) atoms. The Morgan fingerprint density at radius 1 is 1.15 bits per heavy atom. The smallest absolute Gasteiger partial charge is 0.422 e. The standard InChI is InChI=1S/C23H17ClF3N5O2/c1-29-11-14-10-16(6-7-17(14)28)32-22(33)20(13-2-4-15(24)5-3-13)21-18(31-32)8-9-19(30-21)34-12-23(25,26)27/h2-11H,12,28H2,1H3. The number of ether oxygens (including phenoxy) is 1. The van der Waals surface area contributed by atoms with Crippen LogP contribution in [-0.2, 0) is 0 Å². The van der Waals surface area contributed by atoms with Crippen LogP contribution >= 0.6 is 11.6 Å². The van der Waals surface area contributed by atoms with E-state index in [0.29, 0.717) is 27.5 Å². The van der Waals surface area contributed by atoms with Crippen molar-refractivity contribution in [1.82, 2.24) is 14.8 Å². The summed E-state index contributed by atoms with van der Waals surface area (Å²) in [5, 5.41) is 4.83. The monoisotopic (exact) mass is 487 g/mol. The first-order chi connectivity index (χ1) is 16.2. The molecule has 0 aliphatic rings. The van der Waals surface area contributed by atoms with E-state index in [1.807, 2.05) is 0 Å². The molecule has 0 spiro atoms. The second kappa shape index (κ2) is 9.14. The zero-order valence-electron chi connectivity index (χ0n) is 17.7. The average Bonchev–Trinajstić information content (AvgIpc) is 2.79. The first-order valence-electron chi connectivity index (χ1n) is 9.88. The number of halogens is 4. The fourth-order valence-electron chi connectivity index (χ4n) is 3.29. The molecule has 7 nitrogen and oxygen atoms in total. The first-order valence-corrected chi connectivity index (χ1v) is 10.3. The second-order valence-electron chi connectivity index (χ2n) is 7.22. The Kier molecular flexibility index (Phi) is 6.25. The zero-order chi connectivity index (χ0) is 24.5. The van der Waals surface area contributed by atoms with Gasteiger partial charge < -0.3 is 10.5 Å². The molecule has 11 heteroatoms. The van der Waals surface area contributed by atoms with Crippen molar-refractivity contribution in [3.8, 4) is 22.7 Å². The molecule has 174 valence electrons. The van der Waals surface area contributed by atoms with Crippen LogP contribution in [0.5, 0.6) is 5.88 Å². The summed E-state index contributed by atoms with van der Waals surface area (Å²) >= 11 is 5.99. The molecule has 0 saturated heterocycles. The summed E-state index contributed by atoms with van der Waals surface area (Å²) in [5.74, 6) is -0.284. The molecule has 0 amide bonds. The van der Waals surface area contributed by atoms with Crippen molar-refractivity contribution in [2.75, 3.05) is 19.4 Å². The maximum absolute atomic E-state index is 13.6. The van der Waals surface area contributed by atoms with E-state index in [2.05, 4.69) is 15.1 Å². The van der Waals surface area contributed by atoms with Crippen molar-refractivity contribution in [2.24, 2.45) is 4.99 Å². The van der Waals surface area contributed by atoms with E-state index in [4.69, 9.17) is 22.1 Å². The number of fused-ring (bicyclic) bond motifs is 1. The number of rotatable bonds is 5. The Morgan fingerprint density at radius 3 is 2.56 bits per heavy atom. The van der Waals surface area contributed by atoms with E-state index in [-0.39, 0.29) is 22.5 Å². The lowest BCUT2D eigenvalue weighted by molar-refractivity contribution is -0.154. The van der Waals surface area contributed by atoms with Gasteiger partial charge in [0.15, 0.2) is 6.61 Å². The Balaban J connectivity index is 1.96. The molecular weight excluding hydrogens is 471 g/mol. The predicted octanol–water partition coefficient (Wildman–Crippen LogP) is 4.67. The fraction of sp³-hybridized carbons (Fsp3) is 0.130. The lowest BCUT2D eigenvalue weighted by atomic mass is 10.1. The van der Waals surface area contributed by atoms with Crippen molar-refractivity contribution >= 4 is 34.5 Å². The Morgan fingerprint density at radius 2 is 1.88 bits per heavy atom. The highest BCUT2D eigenvalue weighted by Gasteiger charge is 2.29. The number of nitrogens with zero attached hydrogens (tertiary/aromatic N) is 4. The van der Waals surface area contributed by atoms with Gasteiger partial charge in [-0.1, -0.05) is 23.7 Å². The zero-order valence-corrected chi connectivity index (χ0v) is 18.4. The number of benzene rings is 2. The van der Waals surface area contributed by atoms with Gasteiger partial charge in [-0.25, -0.2) is 4.98 Å². The number of hydrogen-bond donors (Lipinski definition) is 1. The third-order valence-corrected chi connectivity index (χ3v) is 5.05. The van der Waals surface area contributed by atoms with Crippen molar-refractivity contribution < 1.29 is 17.9 Å². The highest BCUT2D eigenvalue weighted by Crippen LogP contribution is 2.28. The summed E-state index contributed by atoms with van der Waals surface area (Å²) < 4.78 is 43.8. The van der Waals surface area contributed by atoms with E-state index >= 15 is 0 Å². The summed E-state index contributed by atoms with van der Waals surface area (Å²) in [7, 11) is 1.59. The van der Waals surface area contributed by atoms with Gasteiger partial charge in [0, 0.05) is 35.6 Å². The average molecular weight is 488 g/mol. The summed E-state index contributed by atoms with van der Waals surface area (Å²) in [6.07, 6.45) is -2.98. The molecule has 2 heterocycles. The highest BCUT2D eigenvalue weighted by atomic mass is 35.5. The number of hydrogen-bond acceptors (Lipinski definition) is 6. The third-order valence-electron chi connectivity index (χ3n) is 4.80. The van der Waals surface area contributed by atoms with Crippen molar-refractivity contribution in [3.05, 3.63) is 75.5 Å². The van der Waals surface area contributed by atoms with Gasteiger partial charge in [-0.2, -0.15) is 23.0 Å². The van der Waals surface area contributed by atoms with Crippen LogP contribution in [0.2, 0.25) is 5.02 Å². The van der Waals surface area contributed by atoms with Crippen LogP contribution in [0, 0.1) is 0 Å². The van der Waals surface area contributed by atoms with Gasteiger partial charge in [-0.3, -0.25) is 9.79 Å². The number of aromatic nitrogens is 3. The van der Waals surface area contributed by atoms with Crippen molar-refractivity contribution in [1.29, 1.82) is 0 Å². The first kappa shape index (κ1) is 23.2. The summed E-state index contributed by atoms with van der Waals surface area (Å²) in [5.41, 5.74) is 7.86. The number of alkyl halides is 3. The second-order valence-corrected chi connectivity index (χ2v) is 7.66. The molecule has 4 aromatic rings. The van der Waals surface area contributed by atoms with Crippen LogP contribution in [0.4, 0.5) is 18.9 Å². The number of pyridine rings is 1. The fourth-order valence-corrected chi connectivity index (χ4v) is 3.42. The minimum atomic E-state index is -4.54. The van der Waals surface area contributed by atoms with Crippen molar-refractivity contribution in [2.45, 2.75) is 6.18 Å². The Bertz CT molecular complexity index is 1450. The maximum Gasteiger partial charge on any atom is 0.422 e. The molecule has 2 aromatic carbocycles. The number of anilines is 1. The van der Waals surface area contributed by atoms with Crippen LogP contribution in [0.1, 0.15) is 5.56 Å². The molecule has 4 rings (SSSR count). The van der Waals surface area contributed by atoms with Crippen LogP contribution in [0.25, 0.3) is 27.8 Å². The molecule has 0 bridgehead atoms.